The van der Waals surface area contributed by atoms with E-state index in [0.29, 0.717) is 29.1 Å². The first-order valence-electron chi connectivity index (χ1n) is 8.43. The van der Waals surface area contributed by atoms with Crippen molar-refractivity contribution < 1.29 is 4.21 Å². The van der Waals surface area contributed by atoms with Crippen molar-refractivity contribution in [1.29, 1.82) is 5.26 Å². The van der Waals surface area contributed by atoms with Gasteiger partial charge in [-0.15, -0.1) is 0 Å². The van der Waals surface area contributed by atoms with Crippen LogP contribution < -0.4 is 10.3 Å². The summed E-state index contributed by atoms with van der Waals surface area (Å²) in [5.74, 6) is 0. The molecule has 0 radical (unpaired) electrons. The van der Waals surface area contributed by atoms with Crippen LogP contribution in [-0.2, 0) is 17.5 Å². The number of nitrogens with one attached hydrogen (secondary N) is 1. The zero-order valence-corrected chi connectivity index (χ0v) is 15.9. The third-order valence-electron chi connectivity index (χ3n) is 3.96. The van der Waals surface area contributed by atoms with Crippen LogP contribution in [0, 0.1) is 11.3 Å². The van der Waals surface area contributed by atoms with E-state index in [-0.39, 0.29) is 5.56 Å². The molecule has 1 atom stereocenters. The van der Waals surface area contributed by atoms with Crippen molar-refractivity contribution in [3.05, 3.63) is 64.7 Å². The van der Waals surface area contributed by atoms with Gasteiger partial charge in [-0.25, -0.2) is 8.89 Å². The zero-order chi connectivity index (χ0) is 19.4. The van der Waals surface area contributed by atoms with E-state index in [9.17, 15) is 14.3 Å². The molecule has 138 valence electrons. The quantitative estimate of drug-likeness (QED) is 0.710. The molecule has 2 aromatic heterocycles. The van der Waals surface area contributed by atoms with Gasteiger partial charge in [0.25, 0.3) is 5.56 Å². The molecule has 3 rings (SSSR count). The zero-order valence-electron chi connectivity index (χ0n) is 15.0. The number of aromatic nitrogens is 3. The number of anilines is 1. The number of rotatable bonds is 6. The maximum atomic E-state index is 11.9. The molecule has 1 unspecified atom stereocenters. The number of hydrogen-bond acceptors (Lipinski definition) is 4. The van der Waals surface area contributed by atoms with Gasteiger partial charge in [-0.05, 0) is 36.8 Å². The van der Waals surface area contributed by atoms with E-state index in [2.05, 4.69) is 15.9 Å². The third-order valence-corrected chi connectivity index (χ3v) is 4.49. The summed E-state index contributed by atoms with van der Waals surface area (Å²) in [6.07, 6.45) is 5.96. The number of hydrogen-bond donors (Lipinski definition) is 1. The van der Waals surface area contributed by atoms with Gasteiger partial charge in [-0.1, -0.05) is 6.92 Å². The summed E-state index contributed by atoms with van der Waals surface area (Å²) in [6, 6.07) is 12.4. The Kier molecular flexibility index (Phi) is 5.52. The highest BCUT2D eigenvalue weighted by molar-refractivity contribution is 7.85. The van der Waals surface area contributed by atoms with Crippen molar-refractivity contribution in [2.45, 2.75) is 19.9 Å². The standard InChI is InChI=1S/C19H19N5O2S/c1-3-9-23-13-16(5-7-19(23)25)24-10-8-18(21-24)17-6-4-15(22-27(2)26)11-14(17)12-20/h4-8,10-11,13,22H,3,9H2,1-2H3. The average Bonchev–Trinajstić information content (AvgIpc) is 3.13. The smallest absolute Gasteiger partial charge is 0.250 e. The van der Waals surface area contributed by atoms with Crippen molar-refractivity contribution >= 4 is 16.7 Å². The Hall–Kier alpha value is -3.18. The molecule has 0 bridgehead atoms. The summed E-state index contributed by atoms with van der Waals surface area (Å²) in [7, 11) is -1.21. The molecule has 0 fully saturated rings. The Morgan fingerprint density at radius 2 is 2.07 bits per heavy atom. The van der Waals surface area contributed by atoms with Gasteiger partial charge in [0.05, 0.1) is 23.0 Å². The minimum Gasteiger partial charge on any atom is -0.313 e. The highest BCUT2D eigenvalue weighted by Crippen LogP contribution is 2.25. The second-order valence-corrected chi connectivity index (χ2v) is 7.11. The lowest BCUT2D eigenvalue weighted by Crippen LogP contribution is -2.19. The van der Waals surface area contributed by atoms with Gasteiger partial charge >= 0.3 is 0 Å². The first kappa shape index (κ1) is 18.6. The molecule has 27 heavy (non-hydrogen) atoms. The first-order valence-corrected chi connectivity index (χ1v) is 9.98. The van der Waals surface area contributed by atoms with E-state index >= 15 is 0 Å². The van der Waals surface area contributed by atoms with Gasteiger partial charge in [-0.2, -0.15) is 10.4 Å². The molecule has 0 saturated heterocycles. The monoisotopic (exact) mass is 381 g/mol. The summed E-state index contributed by atoms with van der Waals surface area (Å²) < 4.78 is 17.4. The molecule has 0 aliphatic heterocycles. The van der Waals surface area contributed by atoms with Gasteiger partial charge in [0.15, 0.2) is 0 Å². The van der Waals surface area contributed by atoms with E-state index in [1.165, 1.54) is 12.3 Å². The molecule has 7 nitrogen and oxygen atoms in total. The van der Waals surface area contributed by atoms with Crippen LogP contribution in [0.2, 0.25) is 0 Å². The number of pyridine rings is 1. The second kappa shape index (κ2) is 8.01. The van der Waals surface area contributed by atoms with Crippen molar-refractivity contribution in [1.82, 2.24) is 14.3 Å². The molecule has 0 aliphatic rings. The van der Waals surface area contributed by atoms with Gasteiger partial charge in [0.1, 0.15) is 11.0 Å². The lowest BCUT2D eigenvalue weighted by molar-refractivity contribution is 0.648. The predicted octanol–water partition coefficient (Wildman–Crippen LogP) is 2.69. The number of nitriles is 1. The van der Waals surface area contributed by atoms with Gasteiger partial charge < -0.3 is 9.29 Å². The van der Waals surface area contributed by atoms with E-state index in [0.717, 1.165) is 12.1 Å². The van der Waals surface area contributed by atoms with Gasteiger partial charge in [0.2, 0.25) is 0 Å². The predicted molar refractivity (Wildman–Crippen MR) is 106 cm³/mol. The Morgan fingerprint density at radius 3 is 2.78 bits per heavy atom. The molecule has 1 aromatic carbocycles. The van der Waals surface area contributed by atoms with Gasteiger partial charge in [0, 0.05) is 42.5 Å². The van der Waals surface area contributed by atoms with Crippen LogP contribution in [0.25, 0.3) is 16.9 Å². The summed E-state index contributed by atoms with van der Waals surface area (Å²) in [5, 5.41) is 14.0. The molecule has 0 spiro atoms. The summed E-state index contributed by atoms with van der Waals surface area (Å²) in [5.41, 5.74) is 3.10. The molecule has 1 N–H and O–H groups in total. The van der Waals surface area contributed by atoms with Crippen LogP contribution in [0.15, 0.2) is 53.6 Å². The summed E-state index contributed by atoms with van der Waals surface area (Å²) in [4.78, 5) is 11.9. The Morgan fingerprint density at radius 1 is 1.26 bits per heavy atom. The van der Waals surface area contributed by atoms with E-state index in [4.69, 9.17) is 0 Å². The lowest BCUT2D eigenvalue weighted by atomic mass is 10.1. The van der Waals surface area contributed by atoms with Crippen LogP contribution >= 0.6 is 0 Å². The summed E-state index contributed by atoms with van der Waals surface area (Å²) >= 11 is 0. The third kappa shape index (κ3) is 4.15. The van der Waals surface area contributed by atoms with Crippen LogP contribution in [0.4, 0.5) is 5.69 Å². The minimum absolute atomic E-state index is 0.0452. The van der Waals surface area contributed by atoms with Crippen molar-refractivity contribution in [2.75, 3.05) is 11.0 Å². The van der Waals surface area contributed by atoms with Crippen LogP contribution in [0.1, 0.15) is 18.9 Å². The highest BCUT2D eigenvalue weighted by atomic mass is 32.2. The van der Waals surface area contributed by atoms with Crippen molar-refractivity contribution in [2.24, 2.45) is 0 Å². The molecule has 2 heterocycles. The Balaban J connectivity index is 1.97. The maximum Gasteiger partial charge on any atom is 0.250 e. The fourth-order valence-corrected chi connectivity index (χ4v) is 3.23. The van der Waals surface area contributed by atoms with Crippen LogP contribution in [0.3, 0.4) is 0 Å². The molecule has 3 aromatic rings. The largest absolute Gasteiger partial charge is 0.313 e. The topological polar surface area (TPSA) is 92.7 Å². The Bertz CT molecular complexity index is 1090. The van der Waals surface area contributed by atoms with Crippen molar-refractivity contribution in [3.8, 4) is 23.0 Å². The fraction of sp³-hybridized carbons (Fsp3) is 0.211. The SMILES string of the molecule is CCCn1cc(-n2ccc(-c3ccc(NS(C)=O)cc3C#N)n2)ccc1=O. The van der Waals surface area contributed by atoms with Crippen LogP contribution in [0.5, 0.6) is 0 Å². The number of nitrogens with zero attached hydrogens (tertiary/aromatic N) is 4. The normalized spacial score (nSPS) is 11.7. The first-order chi connectivity index (χ1) is 13.0. The molecule has 8 heteroatoms. The molecular formula is C19H19N5O2S. The van der Waals surface area contributed by atoms with Crippen molar-refractivity contribution in [3.63, 3.8) is 0 Å². The molecule has 0 aliphatic carbocycles. The van der Waals surface area contributed by atoms with E-state index < -0.39 is 11.0 Å². The van der Waals surface area contributed by atoms with Crippen LogP contribution in [-0.4, -0.2) is 24.8 Å². The molecule has 0 amide bonds. The van der Waals surface area contributed by atoms with E-state index in [1.807, 2.05) is 13.0 Å². The second-order valence-electron chi connectivity index (χ2n) is 5.99. The Labute approximate surface area is 159 Å². The highest BCUT2D eigenvalue weighted by Gasteiger charge is 2.11. The minimum atomic E-state index is -1.21. The maximum absolute atomic E-state index is 11.9. The fourth-order valence-electron chi connectivity index (χ4n) is 2.77. The number of benzene rings is 1. The molecular weight excluding hydrogens is 362 g/mol. The molecule has 0 saturated carbocycles. The van der Waals surface area contributed by atoms with E-state index in [1.54, 1.807) is 45.9 Å². The number of aryl methyl sites for hydroxylation is 1. The summed E-state index contributed by atoms with van der Waals surface area (Å²) in [6.45, 7) is 2.66. The van der Waals surface area contributed by atoms with Gasteiger partial charge in [-0.3, -0.25) is 4.79 Å². The lowest BCUT2D eigenvalue weighted by Gasteiger charge is -2.08. The average molecular weight is 381 g/mol.